The maximum atomic E-state index is 11.4. The van der Waals surface area contributed by atoms with E-state index in [-0.39, 0.29) is 5.91 Å². The van der Waals surface area contributed by atoms with E-state index >= 15 is 0 Å². The van der Waals surface area contributed by atoms with Gasteiger partial charge in [0.1, 0.15) is 12.7 Å². The number of anilines is 1. The Morgan fingerprint density at radius 2 is 1.81 bits per heavy atom. The van der Waals surface area contributed by atoms with E-state index in [2.05, 4.69) is 15.1 Å². The van der Waals surface area contributed by atoms with Crippen molar-refractivity contribution in [3.63, 3.8) is 0 Å². The van der Waals surface area contributed by atoms with Gasteiger partial charge in [-0.25, -0.2) is 0 Å². The second-order valence-corrected chi connectivity index (χ2v) is 5.38. The molecule has 2 aromatic rings. The molecule has 1 aromatic heterocycles. The molecule has 7 heteroatoms. The number of piperazine rings is 1. The first kappa shape index (κ1) is 13.9. The van der Waals surface area contributed by atoms with E-state index in [1.54, 1.807) is 19.6 Å². The Labute approximate surface area is 127 Å². The highest BCUT2D eigenvalue weighted by molar-refractivity contribution is 6.33. The van der Waals surface area contributed by atoms with Crippen LogP contribution < -0.4 is 4.90 Å². The Hall–Kier alpha value is -2.08. The van der Waals surface area contributed by atoms with E-state index in [9.17, 15) is 4.79 Å². The van der Waals surface area contributed by atoms with Crippen LogP contribution in [-0.2, 0) is 4.79 Å². The summed E-state index contributed by atoms with van der Waals surface area (Å²) < 4.78 is 1.85. The van der Waals surface area contributed by atoms with Crippen molar-refractivity contribution in [1.29, 1.82) is 0 Å². The average molecular weight is 306 g/mol. The first-order chi connectivity index (χ1) is 10.2. The highest BCUT2D eigenvalue weighted by atomic mass is 35.5. The van der Waals surface area contributed by atoms with Gasteiger partial charge in [0.2, 0.25) is 5.91 Å². The number of nitrogens with zero attached hydrogens (tertiary/aromatic N) is 5. The summed E-state index contributed by atoms with van der Waals surface area (Å²) in [5.41, 5.74) is 1.91. The van der Waals surface area contributed by atoms with E-state index in [1.165, 1.54) is 0 Å². The van der Waals surface area contributed by atoms with Crippen LogP contribution in [0.15, 0.2) is 30.9 Å². The molecule has 1 aliphatic heterocycles. The van der Waals surface area contributed by atoms with Gasteiger partial charge in [0.05, 0.1) is 16.4 Å². The number of para-hydroxylation sites is 1. The zero-order valence-electron chi connectivity index (χ0n) is 11.7. The van der Waals surface area contributed by atoms with Crippen molar-refractivity contribution in [2.45, 2.75) is 6.92 Å². The van der Waals surface area contributed by atoms with Gasteiger partial charge in [-0.15, -0.1) is 10.2 Å². The second-order valence-electron chi connectivity index (χ2n) is 4.97. The molecular formula is C14H16ClN5O. The SMILES string of the molecule is CC(=O)N1CCN(c2c(Cl)cccc2-n2cnnc2)CC1. The van der Waals surface area contributed by atoms with Crippen LogP contribution in [0.3, 0.4) is 0 Å². The molecule has 1 aliphatic rings. The summed E-state index contributed by atoms with van der Waals surface area (Å²) in [4.78, 5) is 15.5. The Bertz CT molecular complexity index is 635. The number of aromatic nitrogens is 3. The summed E-state index contributed by atoms with van der Waals surface area (Å²) >= 11 is 6.40. The van der Waals surface area contributed by atoms with Gasteiger partial charge in [0, 0.05) is 33.1 Å². The molecule has 0 aliphatic carbocycles. The molecule has 6 nitrogen and oxygen atoms in total. The van der Waals surface area contributed by atoms with Crippen LogP contribution in [-0.4, -0.2) is 51.8 Å². The number of rotatable bonds is 2. The summed E-state index contributed by atoms with van der Waals surface area (Å²) in [6.07, 6.45) is 3.31. The van der Waals surface area contributed by atoms with Crippen molar-refractivity contribution >= 4 is 23.2 Å². The third kappa shape index (κ3) is 2.71. The molecule has 0 saturated carbocycles. The number of carbonyl (C=O) groups is 1. The predicted octanol–water partition coefficient (Wildman–Crippen LogP) is 1.59. The molecule has 3 rings (SSSR count). The average Bonchev–Trinajstić information content (AvgIpc) is 3.01. The smallest absolute Gasteiger partial charge is 0.219 e. The fourth-order valence-corrected chi connectivity index (χ4v) is 2.88. The summed E-state index contributed by atoms with van der Waals surface area (Å²) in [7, 11) is 0. The number of hydrogen-bond donors (Lipinski definition) is 0. The van der Waals surface area contributed by atoms with Gasteiger partial charge in [0.15, 0.2) is 0 Å². The summed E-state index contributed by atoms with van der Waals surface area (Å²) in [6, 6.07) is 5.77. The lowest BCUT2D eigenvalue weighted by atomic mass is 10.2. The molecule has 0 bridgehead atoms. The Kier molecular flexibility index (Phi) is 3.79. The van der Waals surface area contributed by atoms with E-state index in [0.29, 0.717) is 18.1 Å². The van der Waals surface area contributed by atoms with Crippen LogP contribution in [0.25, 0.3) is 5.69 Å². The molecule has 2 heterocycles. The fourth-order valence-electron chi connectivity index (χ4n) is 2.60. The number of hydrogen-bond acceptors (Lipinski definition) is 4. The van der Waals surface area contributed by atoms with Crippen LogP contribution in [0.5, 0.6) is 0 Å². The van der Waals surface area contributed by atoms with E-state index < -0.39 is 0 Å². The first-order valence-electron chi connectivity index (χ1n) is 6.81. The van der Waals surface area contributed by atoms with Gasteiger partial charge in [-0.3, -0.25) is 9.36 Å². The molecule has 1 saturated heterocycles. The second kappa shape index (κ2) is 5.73. The molecule has 0 N–H and O–H groups in total. The van der Waals surface area contributed by atoms with Crippen molar-refractivity contribution in [2.75, 3.05) is 31.1 Å². The third-order valence-electron chi connectivity index (χ3n) is 3.70. The number of carbonyl (C=O) groups excluding carboxylic acids is 1. The summed E-state index contributed by atoms with van der Waals surface area (Å²) in [6.45, 7) is 4.55. The predicted molar refractivity (Wildman–Crippen MR) is 80.8 cm³/mol. The quantitative estimate of drug-likeness (QED) is 0.845. The van der Waals surface area contributed by atoms with E-state index in [4.69, 9.17) is 11.6 Å². The summed E-state index contributed by atoms with van der Waals surface area (Å²) in [5.74, 6) is 0.118. The highest BCUT2D eigenvalue weighted by Gasteiger charge is 2.22. The molecule has 1 fully saturated rings. The van der Waals surface area contributed by atoms with E-state index in [1.807, 2.05) is 27.7 Å². The van der Waals surface area contributed by atoms with Crippen LogP contribution in [0.1, 0.15) is 6.92 Å². The normalized spacial score (nSPS) is 15.3. The zero-order valence-corrected chi connectivity index (χ0v) is 12.5. The first-order valence-corrected chi connectivity index (χ1v) is 7.18. The number of amides is 1. The maximum absolute atomic E-state index is 11.4. The fraction of sp³-hybridized carbons (Fsp3) is 0.357. The van der Waals surface area contributed by atoms with Crippen molar-refractivity contribution < 1.29 is 4.79 Å². The minimum Gasteiger partial charge on any atom is -0.365 e. The lowest BCUT2D eigenvalue weighted by Gasteiger charge is -2.36. The molecule has 21 heavy (non-hydrogen) atoms. The van der Waals surface area contributed by atoms with E-state index in [0.717, 1.165) is 24.5 Å². The van der Waals surface area contributed by atoms with Crippen molar-refractivity contribution in [1.82, 2.24) is 19.7 Å². The maximum Gasteiger partial charge on any atom is 0.219 e. The molecule has 0 spiro atoms. The minimum atomic E-state index is 0.118. The van der Waals surface area contributed by atoms with Gasteiger partial charge < -0.3 is 9.80 Å². The van der Waals surface area contributed by atoms with Crippen molar-refractivity contribution in [3.8, 4) is 5.69 Å². The molecule has 1 aromatic carbocycles. The van der Waals surface area contributed by atoms with Gasteiger partial charge in [-0.1, -0.05) is 17.7 Å². The topological polar surface area (TPSA) is 54.3 Å². The van der Waals surface area contributed by atoms with Crippen LogP contribution in [0, 0.1) is 0 Å². The monoisotopic (exact) mass is 305 g/mol. The minimum absolute atomic E-state index is 0.118. The Morgan fingerprint density at radius 3 is 2.43 bits per heavy atom. The van der Waals surface area contributed by atoms with Gasteiger partial charge >= 0.3 is 0 Å². The van der Waals surface area contributed by atoms with Crippen molar-refractivity contribution in [3.05, 3.63) is 35.9 Å². The van der Waals surface area contributed by atoms with Gasteiger partial charge in [0.25, 0.3) is 0 Å². The van der Waals surface area contributed by atoms with Gasteiger partial charge in [-0.2, -0.15) is 0 Å². The lowest BCUT2D eigenvalue weighted by Crippen LogP contribution is -2.48. The van der Waals surface area contributed by atoms with Crippen molar-refractivity contribution in [2.24, 2.45) is 0 Å². The standard InChI is InChI=1S/C14H16ClN5O/c1-11(21)18-5-7-19(8-6-18)14-12(15)3-2-4-13(14)20-9-16-17-10-20/h2-4,9-10H,5-8H2,1H3. The molecular weight excluding hydrogens is 290 g/mol. The summed E-state index contributed by atoms with van der Waals surface area (Å²) in [5, 5.41) is 8.39. The number of halogens is 1. The van der Waals surface area contributed by atoms with Crippen LogP contribution in [0.2, 0.25) is 5.02 Å². The van der Waals surface area contributed by atoms with Crippen LogP contribution >= 0.6 is 11.6 Å². The highest BCUT2D eigenvalue weighted by Crippen LogP contribution is 2.33. The number of benzene rings is 1. The molecule has 0 unspecified atom stereocenters. The third-order valence-corrected chi connectivity index (χ3v) is 4.01. The van der Waals surface area contributed by atoms with Gasteiger partial charge in [-0.05, 0) is 12.1 Å². The molecule has 0 atom stereocenters. The molecule has 0 radical (unpaired) electrons. The zero-order chi connectivity index (χ0) is 14.8. The van der Waals surface area contributed by atoms with Crippen LogP contribution in [0.4, 0.5) is 5.69 Å². The Balaban J connectivity index is 1.91. The largest absolute Gasteiger partial charge is 0.365 e. The molecule has 1 amide bonds. The molecule has 110 valence electrons. The lowest BCUT2D eigenvalue weighted by molar-refractivity contribution is -0.129. The Morgan fingerprint density at radius 1 is 1.14 bits per heavy atom.